The lowest BCUT2D eigenvalue weighted by atomic mass is 9.93. The fourth-order valence-electron chi connectivity index (χ4n) is 4.51. The summed E-state index contributed by atoms with van der Waals surface area (Å²) >= 11 is 0. The van der Waals surface area contributed by atoms with Crippen molar-refractivity contribution in [1.82, 2.24) is 9.47 Å². The molecular formula is C28H33N3O3. The molecule has 0 N–H and O–H groups in total. The molecule has 1 aliphatic rings. The Morgan fingerprint density at radius 1 is 0.971 bits per heavy atom. The number of ether oxygens (including phenoxy) is 1. The monoisotopic (exact) mass is 459 g/mol. The van der Waals surface area contributed by atoms with E-state index < -0.39 is 5.41 Å². The van der Waals surface area contributed by atoms with E-state index in [4.69, 9.17) is 4.74 Å². The number of anilines is 1. The third kappa shape index (κ3) is 4.20. The zero-order valence-electron chi connectivity index (χ0n) is 20.8. The Balaban J connectivity index is 1.81. The van der Waals surface area contributed by atoms with Gasteiger partial charge in [0.05, 0.1) is 24.2 Å². The second kappa shape index (κ2) is 9.01. The van der Waals surface area contributed by atoms with Crippen LogP contribution in [0.25, 0.3) is 5.69 Å². The first-order valence-electron chi connectivity index (χ1n) is 11.7. The number of aromatic nitrogens is 1. The molecule has 4 rings (SSSR count). The first-order chi connectivity index (χ1) is 16.1. The normalized spacial score (nSPS) is 15.0. The van der Waals surface area contributed by atoms with Gasteiger partial charge in [0.1, 0.15) is 18.3 Å². The van der Waals surface area contributed by atoms with Crippen LogP contribution in [0.3, 0.4) is 0 Å². The SMILES string of the molecule is COc1ccc(C2c3cccn3-c3ccccc3N2C(=O)CN(C(=O)C(C)(C)C)C(C)C)cc1. The Bertz CT molecular complexity index is 1190. The molecular weight excluding hydrogens is 426 g/mol. The van der Waals surface area contributed by atoms with Crippen LogP contribution in [0, 0.1) is 5.41 Å². The van der Waals surface area contributed by atoms with Crippen molar-refractivity contribution in [2.24, 2.45) is 5.41 Å². The van der Waals surface area contributed by atoms with E-state index in [0.717, 1.165) is 28.4 Å². The smallest absolute Gasteiger partial charge is 0.247 e. The minimum atomic E-state index is -0.575. The van der Waals surface area contributed by atoms with E-state index >= 15 is 0 Å². The van der Waals surface area contributed by atoms with Crippen LogP contribution in [0.5, 0.6) is 5.75 Å². The third-order valence-electron chi connectivity index (χ3n) is 6.25. The number of carbonyl (C=O) groups is 2. The number of para-hydroxylation sites is 2. The molecule has 0 saturated heterocycles. The summed E-state index contributed by atoms with van der Waals surface area (Å²) in [6, 6.07) is 19.3. The number of nitrogens with zero attached hydrogens (tertiary/aromatic N) is 3. The highest BCUT2D eigenvalue weighted by Crippen LogP contribution is 2.42. The van der Waals surface area contributed by atoms with E-state index in [-0.39, 0.29) is 30.4 Å². The van der Waals surface area contributed by atoms with E-state index in [1.165, 1.54) is 0 Å². The van der Waals surface area contributed by atoms with Crippen LogP contribution < -0.4 is 9.64 Å². The number of amides is 2. The number of carbonyl (C=O) groups excluding carboxylic acids is 2. The highest BCUT2D eigenvalue weighted by Gasteiger charge is 2.38. The predicted octanol–water partition coefficient (Wildman–Crippen LogP) is 5.21. The molecule has 0 fully saturated rings. The Labute approximate surface area is 201 Å². The van der Waals surface area contributed by atoms with Crippen molar-refractivity contribution in [1.29, 1.82) is 0 Å². The maximum absolute atomic E-state index is 14.0. The summed E-state index contributed by atoms with van der Waals surface area (Å²) in [5.41, 5.74) is 3.16. The van der Waals surface area contributed by atoms with Gasteiger partial charge in [-0.3, -0.25) is 14.5 Å². The first kappa shape index (κ1) is 23.6. The maximum atomic E-state index is 14.0. The molecule has 6 nitrogen and oxygen atoms in total. The van der Waals surface area contributed by atoms with Crippen LogP contribution in [0.4, 0.5) is 5.69 Å². The molecule has 1 unspecified atom stereocenters. The van der Waals surface area contributed by atoms with Gasteiger partial charge in [-0.1, -0.05) is 45.0 Å². The lowest BCUT2D eigenvalue weighted by molar-refractivity contribution is -0.144. The molecule has 0 aliphatic carbocycles. The summed E-state index contributed by atoms with van der Waals surface area (Å²) in [5.74, 6) is 0.604. The Morgan fingerprint density at radius 3 is 2.21 bits per heavy atom. The van der Waals surface area contributed by atoms with Crippen molar-refractivity contribution in [2.75, 3.05) is 18.6 Å². The quantitative estimate of drug-likeness (QED) is 0.527. The van der Waals surface area contributed by atoms with Gasteiger partial charge in [-0.05, 0) is 55.8 Å². The van der Waals surface area contributed by atoms with Gasteiger partial charge in [0, 0.05) is 17.7 Å². The Hall–Kier alpha value is -3.54. The molecule has 0 spiro atoms. The van der Waals surface area contributed by atoms with Crippen LogP contribution >= 0.6 is 0 Å². The van der Waals surface area contributed by atoms with Crippen molar-refractivity contribution in [2.45, 2.75) is 46.7 Å². The predicted molar refractivity (Wildman–Crippen MR) is 134 cm³/mol. The lowest BCUT2D eigenvalue weighted by Crippen LogP contribution is -2.51. The van der Waals surface area contributed by atoms with E-state index in [1.807, 2.05) is 106 Å². The summed E-state index contributed by atoms with van der Waals surface area (Å²) in [6.45, 7) is 9.57. The molecule has 1 aliphatic heterocycles. The third-order valence-corrected chi connectivity index (χ3v) is 6.25. The van der Waals surface area contributed by atoms with E-state index in [2.05, 4.69) is 4.57 Å². The molecule has 6 heteroatoms. The maximum Gasteiger partial charge on any atom is 0.247 e. The van der Waals surface area contributed by atoms with E-state index in [0.29, 0.717) is 0 Å². The molecule has 1 aromatic heterocycles. The largest absolute Gasteiger partial charge is 0.497 e. The van der Waals surface area contributed by atoms with Crippen molar-refractivity contribution >= 4 is 17.5 Å². The highest BCUT2D eigenvalue weighted by atomic mass is 16.5. The molecule has 3 aromatic rings. The second-order valence-electron chi connectivity index (χ2n) is 10.0. The zero-order chi connectivity index (χ0) is 24.6. The summed E-state index contributed by atoms with van der Waals surface area (Å²) in [7, 11) is 1.64. The van der Waals surface area contributed by atoms with Crippen LogP contribution in [-0.4, -0.2) is 41.0 Å². The average molecular weight is 460 g/mol. The minimum Gasteiger partial charge on any atom is -0.497 e. The summed E-state index contributed by atoms with van der Waals surface area (Å²) in [6.07, 6.45) is 2.02. The molecule has 34 heavy (non-hydrogen) atoms. The van der Waals surface area contributed by atoms with Gasteiger partial charge in [-0.2, -0.15) is 0 Å². The van der Waals surface area contributed by atoms with Crippen LogP contribution in [0.2, 0.25) is 0 Å². The van der Waals surface area contributed by atoms with E-state index in [9.17, 15) is 9.59 Å². The van der Waals surface area contributed by atoms with Crippen LogP contribution in [-0.2, 0) is 9.59 Å². The molecule has 0 bridgehead atoms. The number of fused-ring (bicyclic) bond motifs is 3. The van der Waals surface area contributed by atoms with Gasteiger partial charge in [-0.15, -0.1) is 0 Å². The zero-order valence-corrected chi connectivity index (χ0v) is 20.8. The van der Waals surface area contributed by atoms with Crippen molar-refractivity contribution in [3.05, 3.63) is 78.1 Å². The minimum absolute atomic E-state index is 0.00939. The van der Waals surface area contributed by atoms with Crippen LogP contribution in [0.15, 0.2) is 66.9 Å². The van der Waals surface area contributed by atoms with Gasteiger partial charge in [0.25, 0.3) is 0 Å². The molecule has 0 radical (unpaired) electrons. The Kier molecular flexibility index (Phi) is 6.26. The second-order valence-corrected chi connectivity index (χ2v) is 10.0. The Morgan fingerprint density at radius 2 is 1.62 bits per heavy atom. The standard InChI is InChI=1S/C28H33N3O3/c1-19(2)30(27(33)28(3,4)5)18-25(32)31-23-11-8-7-10-22(23)29-17-9-12-24(29)26(31)20-13-15-21(34-6)16-14-20/h7-17,19,26H,18H2,1-6H3. The van der Waals surface area contributed by atoms with Gasteiger partial charge in [0.2, 0.25) is 11.8 Å². The van der Waals surface area contributed by atoms with Crippen LogP contribution in [0.1, 0.15) is 51.9 Å². The summed E-state index contributed by atoms with van der Waals surface area (Å²) < 4.78 is 7.48. The fraction of sp³-hybridized carbons (Fsp3) is 0.357. The number of hydrogen-bond donors (Lipinski definition) is 0. The number of hydrogen-bond acceptors (Lipinski definition) is 3. The highest BCUT2D eigenvalue weighted by molar-refractivity contribution is 6.00. The van der Waals surface area contributed by atoms with Crippen molar-refractivity contribution < 1.29 is 14.3 Å². The number of benzene rings is 2. The summed E-state index contributed by atoms with van der Waals surface area (Å²) in [4.78, 5) is 30.8. The average Bonchev–Trinajstić information content (AvgIpc) is 3.30. The van der Waals surface area contributed by atoms with Gasteiger partial charge in [-0.25, -0.2) is 0 Å². The molecule has 2 amide bonds. The molecule has 0 saturated carbocycles. The number of rotatable bonds is 5. The van der Waals surface area contributed by atoms with Crippen molar-refractivity contribution in [3.8, 4) is 11.4 Å². The molecule has 2 aromatic carbocycles. The summed E-state index contributed by atoms with van der Waals surface area (Å²) in [5, 5.41) is 0. The van der Waals surface area contributed by atoms with Gasteiger partial charge < -0.3 is 14.2 Å². The molecule has 178 valence electrons. The number of methoxy groups -OCH3 is 1. The van der Waals surface area contributed by atoms with E-state index in [1.54, 1.807) is 12.0 Å². The fourth-order valence-corrected chi connectivity index (χ4v) is 4.51. The first-order valence-corrected chi connectivity index (χ1v) is 11.7. The lowest BCUT2D eigenvalue weighted by Gasteiger charge is -2.40. The topological polar surface area (TPSA) is 54.8 Å². The molecule has 2 heterocycles. The van der Waals surface area contributed by atoms with Gasteiger partial charge in [0.15, 0.2) is 0 Å². The molecule has 1 atom stereocenters. The van der Waals surface area contributed by atoms with Crippen molar-refractivity contribution in [3.63, 3.8) is 0 Å². The van der Waals surface area contributed by atoms with Gasteiger partial charge >= 0.3 is 0 Å².